The first-order chi connectivity index (χ1) is 12.6. The van der Waals surface area contributed by atoms with Gasteiger partial charge in [-0.15, -0.1) is 17.0 Å². The quantitative estimate of drug-likeness (QED) is 0.468. The molecule has 7 heteroatoms. The van der Waals surface area contributed by atoms with Gasteiger partial charge >= 0.3 is 0 Å². The highest BCUT2D eigenvalue weighted by Crippen LogP contribution is 2.32. The summed E-state index contributed by atoms with van der Waals surface area (Å²) in [6.45, 7) is 6.91. The highest BCUT2D eigenvalue weighted by Gasteiger charge is 2.17. The van der Waals surface area contributed by atoms with Gasteiger partial charge in [-0.25, -0.2) is 4.98 Å². The first-order valence-corrected chi connectivity index (χ1v) is 9.50. The molecule has 5 nitrogen and oxygen atoms in total. The number of halogens is 1. The molecule has 0 radical (unpaired) electrons. The summed E-state index contributed by atoms with van der Waals surface area (Å²) < 4.78 is 12.1. The van der Waals surface area contributed by atoms with E-state index in [-0.39, 0.29) is 28.8 Å². The Morgan fingerprint density at radius 3 is 2.48 bits per heavy atom. The van der Waals surface area contributed by atoms with E-state index >= 15 is 0 Å². The third-order valence-corrected chi connectivity index (χ3v) is 4.82. The molecule has 0 saturated heterocycles. The summed E-state index contributed by atoms with van der Waals surface area (Å²) in [5.74, 6) is 1.54. The normalized spacial score (nSPS) is 11.5. The van der Waals surface area contributed by atoms with Crippen molar-refractivity contribution in [2.75, 3.05) is 18.5 Å². The van der Waals surface area contributed by atoms with Crippen LogP contribution in [-0.4, -0.2) is 30.0 Å². The number of nitrogens with zero attached hydrogens (tertiary/aromatic N) is 1. The summed E-state index contributed by atoms with van der Waals surface area (Å²) in [4.78, 5) is 17.2. The second-order valence-electron chi connectivity index (χ2n) is 5.74. The van der Waals surface area contributed by atoms with Crippen LogP contribution in [0.15, 0.2) is 42.5 Å². The molecule has 3 rings (SSSR count). The van der Waals surface area contributed by atoms with Crippen molar-refractivity contribution in [3.05, 3.63) is 48.0 Å². The number of carbonyl (C=O) groups is 1. The number of thiazole rings is 1. The zero-order chi connectivity index (χ0) is 18.5. The van der Waals surface area contributed by atoms with Gasteiger partial charge < -0.3 is 14.8 Å². The van der Waals surface area contributed by atoms with E-state index in [9.17, 15) is 4.79 Å². The molecule has 0 aliphatic rings. The molecule has 1 aromatic heterocycles. The molecule has 0 spiro atoms. The van der Waals surface area contributed by atoms with Crippen LogP contribution < -0.4 is 14.8 Å². The lowest BCUT2D eigenvalue weighted by atomic mass is 10.1. The average Bonchev–Trinajstić information content (AvgIpc) is 3.06. The highest BCUT2D eigenvalue weighted by molar-refractivity contribution is 8.93. The molecule has 0 amide bonds. The predicted molar refractivity (Wildman–Crippen MR) is 116 cm³/mol. The molecule has 144 valence electrons. The number of fused-ring (bicyclic) bond motifs is 1. The molecule has 1 atom stereocenters. The number of hydrogen-bond acceptors (Lipinski definition) is 6. The van der Waals surface area contributed by atoms with Gasteiger partial charge in [0.1, 0.15) is 17.0 Å². The summed E-state index contributed by atoms with van der Waals surface area (Å²) >= 11 is 1.51. The predicted octanol–water partition coefficient (Wildman–Crippen LogP) is 5.35. The van der Waals surface area contributed by atoms with Gasteiger partial charge in [-0.1, -0.05) is 17.4 Å². The van der Waals surface area contributed by atoms with Crippen LogP contribution in [0.4, 0.5) is 5.13 Å². The van der Waals surface area contributed by atoms with Crippen LogP contribution in [0.5, 0.6) is 11.5 Å². The summed E-state index contributed by atoms with van der Waals surface area (Å²) in [5.41, 5.74) is 1.46. The van der Waals surface area contributed by atoms with Crippen LogP contribution in [0.1, 0.15) is 31.1 Å². The molecule has 1 heterocycles. The first kappa shape index (κ1) is 21.2. The van der Waals surface area contributed by atoms with Gasteiger partial charge in [-0.3, -0.25) is 4.79 Å². The maximum atomic E-state index is 12.7. The Balaban J connectivity index is 0.00000261. The Hall–Kier alpha value is -2.12. The topological polar surface area (TPSA) is 60.5 Å². The van der Waals surface area contributed by atoms with Crippen LogP contribution >= 0.6 is 28.3 Å². The zero-order valence-electron chi connectivity index (χ0n) is 15.5. The minimum absolute atomic E-state index is 0. The Morgan fingerprint density at radius 2 is 1.81 bits per heavy atom. The average molecular weight is 451 g/mol. The van der Waals surface area contributed by atoms with Gasteiger partial charge in [0.05, 0.1) is 24.0 Å². The Kier molecular flexibility index (Phi) is 7.62. The van der Waals surface area contributed by atoms with Gasteiger partial charge in [-0.2, -0.15) is 0 Å². The number of para-hydroxylation sites is 1. The Bertz CT molecular complexity index is 896. The van der Waals surface area contributed by atoms with Crippen molar-refractivity contribution in [1.82, 2.24) is 4.98 Å². The molecular formula is C20H23BrN2O3S. The van der Waals surface area contributed by atoms with Gasteiger partial charge in [-0.05, 0) is 57.2 Å². The molecule has 1 unspecified atom stereocenters. The van der Waals surface area contributed by atoms with Crippen molar-refractivity contribution in [2.24, 2.45) is 0 Å². The van der Waals surface area contributed by atoms with Gasteiger partial charge in [0.2, 0.25) is 0 Å². The highest BCUT2D eigenvalue weighted by atomic mass is 79.9. The SMILES string of the molecule is Br.CCOc1ccc(C(=O)C(C)Nc2nc3c(OCC)cccc3s2)cc1. The number of nitrogens with one attached hydrogen (secondary N) is 1. The molecular weight excluding hydrogens is 428 g/mol. The lowest BCUT2D eigenvalue weighted by Gasteiger charge is -2.12. The van der Waals surface area contributed by atoms with Gasteiger partial charge in [0, 0.05) is 5.56 Å². The van der Waals surface area contributed by atoms with Crippen LogP contribution in [0.25, 0.3) is 10.2 Å². The second-order valence-corrected chi connectivity index (χ2v) is 6.77. The number of carbonyl (C=O) groups excluding carboxylic acids is 1. The maximum Gasteiger partial charge on any atom is 0.184 e. The van der Waals surface area contributed by atoms with Crippen molar-refractivity contribution in [3.8, 4) is 11.5 Å². The van der Waals surface area contributed by atoms with Gasteiger partial charge in [0.25, 0.3) is 0 Å². The fourth-order valence-corrected chi connectivity index (χ4v) is 3.61. The zero-order valence-corrected chi connectivity index (χ0v) is 18.1. The van der Waals surface area contributed by atoms with E-state index in [1.807, 2.05) is 51.1 Å². The second kappa shape index (κ2) is 9.71. The van der Waals surface area contributed by atoms with Gasteiger partial charge in [0.15, 0.2) is 10.9 Å². The van der Waals surface area contributed by atoms with Crippen LogP contribution in [0.3, 0.4) is 0 Å². The van der Waals surface area contributed by atoms with E-state index in [0.29, 0.717) is 23.9 Å². The number of ketones is 1. The molecule has 2 aromatic carbocycles. The molecule has 0 aliphatic carbocycles. The maximum absolute atomic E-state index is 12.7. The lowest BCUT2D eigenvalue weighted by molar-refractivity contribution is 0.0975. The monoisotopic (exact) mass is 450 g/mol. The van der Waals surface area contributed by atoms with Crippen molar-refractivity contribution < 1.29 is 14.3 Å². The number of Topliss-reactive ketones (excluding diaryl/α,β-unsaturated/α-hetero) is 1. The van der Waals surface area contributed by atoms with Crippen LogP contribution in [0.2, 0.25) is 0 Å². The van der Waals surface area contributed by atoms with Crippen molar-refractivity contribution in [1.29, 1.82) is 0 Å². The summed E-state index contributed by atoms with van der Waals surface area (Å²) in [7, 11) is 0. The van der Waals surface area contributed by atoms with E-state index in [4.69, 9.17) is 9.47 Å². The molecule has 0 bridgehead atoms. The van der Waals surface area contributed by atoms with E-state index in [0.717, 1.165) is 21.7 Å². The number of rotatable bonds is 8. The fourth-order valence-electron chi connectivity index (χ4n) is 2.64. The Labute approximate surface area is 173 Å². The number of anilines is 1. The molecule has 3 aromatic rings. The van der Waals surface area contributed by atoms with Crippen molar-refractivity contribution in [3.63, 3.8) is 0 Å². The van der Waals surface area contributed by atoms with E-state index in [1.54, 1.807) is 12.1 Å². The standard InChI is InChI=1S/C20H22N2O3S.BrH/c1-4-24-15-11-9-14(10-12-15)19(23)13(3)21-20-22-18-16(25-5-2)7-6-8-17(18)26-20;/h6-13H,4-5H2,1-3H3,(H,21,22);1H. The fraction of sp³-hybridized carbons (Fsp3) is 0.300. The number of aromatic nitrogens is 1. The largest absolute Gasteiger partial charge is 0.494 e. The number of benzene rings is 2. The molecule has 0 saturated carbocycles. The van der Waals surface area contributed by atoms with Crippen LogP contribution in [-0.2, 0) is 0 Å². The summed E-state index contributed by atoms with van der Waals surface area (Å²) in [6, 6.07) is 12.7. The number of ether oxygens (including phenoxy) is 2. The molecule has 27 heavy (non-hydrogen) atoms. The van der Waals surface area contributed by atoms with Crippen molar-refractivity contribution >= 4 is 49.4 Å². The minimum Gasteiger partial charge on any atom is -0.494 e. The summed E-state index contributed by atoms with van der Waals surface area (Å²) in [5, 5.41) is 3.92. The lowest BCUT2D eigenvalue weighted by Crippen LogP contribution is -2.26. The molecule has 0 aliphatic heterocycles. The minimum atomic E-state index is -0.385. The van der Waals surface area contributed by atoms with Crippen molar-refractivity contribution in [2.45, 2.75) is 26.8 Å². The third-order valence-electron chi connectivity index (χ3n) is 3.86. The van der Waals surface area contributed by atoms with E-state index in [2.05, 4.69) is 10.3 Å². The van der Waals surface area contributed by atoms with E-state index in [1.165, 1.54) is 11.3 Å². The van der Waals surface area contributed by atoms with E-state index < -0.39 is 0 Å². The number of hydrogen-bond donors (Lipinski definition) is 1. The van der Waals surface area contributed by atoms with Crippen LogP contribution in [0, 0.1) is 0 Å². The first-order valence-electron chi connectivity index (χ1n) is 8.68. The third kappa shape index (κ3) is 4.99. The Morgan fingerprint density at radius 1 is 1.11 bits per heavy atom. The smallest absolute Gasteiger partial charge is 0.184 e. The molecule has 1 N–H and O–H groups in total. The molecule has 0 fully saturated rings. The summed E-state index contributed by atoms with van der Waals surface area (Å²) in [6.07, 6.45) is 0.